The van der Waals surface area contributed by atoms with Gasteiger partial charge >= 0.3 is 5.97 Å². The molecule has 158 valence electrons. The maximum atomic E-state index is 13.0. The number of non-ortho nitro benzene ring substituents is 1. The van der Waals surface area contributed by atoms with E-state index < -0.39 is 16.8 Å². The second-order valence-electron chi connectivity index (χ2n) is 6.47. The molecule has 31 heavy (non-hydrogen) atoms. The average molecular weight is 421 g/mol. The summed E-state index contributed by atoms with van der Waals surface area (Å²) in [6.07, 6.45) is 0. The fourth-order valence-corrected chi connectivity index (χ4v) is 3.26. The summed E-state index contributed by atoms with van der Waals surface area (Å²) in [5.41, 5.74) is 6.98. The SMILES string of the molecule is CCOC(=O)C1=C(c2ccc(OC)cc2)OC(N)=C(C#N)C1c1ccc([N+](=O)[O-])cc1. The van der Waals surface area contributed by atoms with Crippen LogP contribution in [0.15, 0.2) is 65.6 Å². The van der Waals surface area contributed by atoms with Crippen molar-refractivity contribution >= 4 is 17.4 Å². The van der Waals surface area contributed by atoms with Crippen LogP contribution in [0.1, 0.15) is 24.0 Å². The van der Waals surface area contributed by atoms with E-state index in [1.807, 2.05) is 6.07 Å². The second-order valence-corrected chi connectivity index (χ2v) is 6.47. The van der Waals surface area contributed by atoms with Crippen LogP contribution in [0.4, 0.5) is 5.69 Å². The number of rotatable bonds is 6. The molecule has 1 heterocycles. The van der Waals surface area contributed by atoms with Crippen molar-refractivity contribution in [1.29, 1.82) is 5.26 Å². The molecule has 0 amide bonds. The predicted molar refractivity (Wildman–Crippen MR) is 110 cm³/mol. The Labute approximate surface area is 178 Å². The van der Waals surface area contributed by atoms with E-state index in [0.29, 0.717) is 16.9 Å². The molecule has 0 aliphatic carbocycles. The monoisotopic (exact) mass is 421 g/mol. The zero-order valence-corrected chi connectivity index (χ0v) is 16.8. The van der Waals surface area contributed by atoms with Crippen molar-refractivity contribution in [3.8, 4) is 11.8 Å². The van der Waals surface area contributed by atoms with Gasteiger partial charge in [0.1, 0.15) is 23.2 Å². The van der Waals surface area contributed by atoms with E-state index in [1.54, 1.807) is 31.2 Å². The van der Waals surface area contributed by atoms with Gasteiger partial charge in [-0.1, -0.05) is 12.1 Å². The summed E-state index contributed by atoms with van der Waals surface area (Å²) >= 11 is 0. The summed E-state index contributed by atoms with van der Waals surface area (Å²) in [6.45, 7) is 1.76. The van der Waals surface area contributed by atoms with E-state index in [2.05, 4.69) is 0 Å². The number of carbonyl (C=O) groups excluding carboxylic acids is 1. The van der Waals surface area contributed by atoms with E-state index >= 15 is 0 Å². The normalized spacial score (nSPS) is 15.7. The minimum absolute atomic E-state index is 0.00849. The molecule has 1 aliphatic rings. The van der Waals surface area contributed by atoms with Gasteiger partial charge in [-0.05, 0) is 36.8 Å². The molecule has 9 nitrogen and oxygen atoms in total. The summed E-state index contributed by atoms with van der Waals surface area (Å²) in [5.74, 6) is -1.02. The van der Waals surface area contributed by atoms with E-state index in [1.165, 1.54) is 31.4 Å². The van der Waals surface area contributed by atoms with Crippen molar-refractivity contribution in [2.24, 2.45) is 5.73 Å². The van der Waals surface area contributed by atoms with Crippen molar-refractivity contribution in [1.82, 2.24) is 0 Å². The first kappa shape index (κ1) is 21.4. The van der Waals surface area contributed by atoms with Gasteiger partial charge in [0.15, 0.2) is 0 Å². The quantitative estimate of drug-likeness (QED) is 0.425. The Morgan fingerprint density at radius 1 is 1.23 bits per heavy atom. The fraction of sp³-hybridized carbons (Fsp3) is 0.182. The predicted octanol–water partition coefficient (Wildman–Crippen LogP) is 3.39. The zero-order chi connectivity index (χ0) is 22.5. The minimum Gasteiger partial charge on any atom is -0.497 e. The molecule has 0 saturated carbocycles. The molecule has 1 unspecified atom stereocenters. The van der Waals surface area contributed by atoms with Gasteiger partial charge in [-0.2, -0.15) is 5.26 Å². The highest BCUT2D eigenvalue weighted by Crippen LogP contribution is 2.43. The number of esters is 1. The van der Waals surface area contributed by atoms with Crippen LogP contribution in [0.3, 0.4) is 0 Å². The number of nitrogens with two attached hydrogens (primary N) is 1. The van der Waals surface area contributed by atoms with E-state index in [0.717, 1.165) is 0 Å². The van der Waals surface area contributed by atoms with Crippen molar-refractivity contribution in [2.45, 2.75) is 12.8 Å². The number of nitrogens with zero attached hydrogens (tertiary/aromatic N) is 2. The first-order chi connectivity index (χ1) is 14.9. The van der Waals surface area contributed by atoms with E-state index in [-0.39, 0.29) is 35.1 Å². The number of carbonyl (C=O) groups is 1. The average Bonchev–Trinajstić information content (AvgIpc) is 2.78. The Morgan fingerprint density at radius 3 is 2.39 bits per heavy atom. The third kappa shape index (κ3) is 4.18. The number of nitro groups is 1. The molecule has 0 aromatic heterocycles. The third-order valence-corrected chi connectivity index (χ3v) is 4.70. The molecule has 2 N–H and O–H groups in total. The number of methoxy groups -OCH3 is 1. The standard InChI is InChI=1S/C22H19N3O6/c1-3-30-22(26)19-18(13-4-8-15(9-5-13)25(27)28)17(12-23)21(24)31-20(19)14-6-10-16(29-2)11-7-14/h4-11,18H,3,24H2,1-2H3. The molecule has 2 aromatic carbocycles. The van der Waals surface area contributed by atoms with Gasteiger partial charge in [-0.15, -0.1) is 0 Å². The lowest BCUT2D eigenvalue weighted by Crippen LogP contribution is -2.25. The molecule has 0 radical (unpaired) electrons. The first-order valence-electron chi connectivity index (χ1n) is 9.28. The minimum atomic E-state index is -0.921. The lowest BCUT2D eigenvalue weighted by Gasteiger charge is -2.28. The number of nitro benzene ring substituents is 1. The Balaban J connectivity index is 2.23. The molecule has 9 heteroatoms. The maximum absolute atomic E-state index is 13.0. The topological polar surface area (TPSA) is 138 Å². The Bertz CT molecular complexity index is 1110. The summed E-state index contributed by atoms with van der Waals surface area (Å²) in [6, 6.07) is 14.3. The Hall–Kier alpha value is -4.32. The van der Waals surface area contributed by atoms with Crippen LogP contribution in [-0.4, -0.2) is 24.6 Å². The van der Waals surface area contributed by atoms with Gasteiger partial charge in [-0.25, -0.2) is 4.79 Å². The lowest BCUT2D eigenvalue weighted by atomic mass is 9.82. The molecule has 0 bridgehead atoms. The van der Waals surface area contributed by atoms with Crippen molar-refractivity contribution in [3.05, 3.63) is 86.8 Å². The number of nitriles is 1. The van der Waals surface area contributed by atoms with Gasteiger partial charge in [-0.3, -0.25) is 10.1 Å². The molecule has 1 aliphatic heterocycles. The van der Waals surface area contributed by atoms with Crippen LogP contribution in [0.25, 0.3) is 5.76 Å². The molecule has 0 saturated heterocycles. The number of benzene rings is 2. The van der Waals surface area contributed by atoms with Crippen molar-refractivity contribution < 1.29 is 23.9 Å². The summed E-state index contributed by atoms with van der Waals surface area (Å²) in [4.78, 5) is 23.5. The first-order valence-corrected chi connectivity index (χ1v) is 9.28. The second kappa shape index (κ2) is 9.00. The van der Waals surface area contributed by atoms with Gasteiger partial charge in [0.05, 0.1) is 30.1 Å². The summed E-state index contributed by atoms with van der Waals surface area (Å²) < 4.78 is 16.1. The van der Waals surface area contributed by atoms with Gasteiger partial charge in [0.2, 0.25) is 5.88 Å². The molecule has 3 rings (SSSR count). The van der Waals surface area contributed by atoms with Crippen LogP contribution in [0.5, 0.6) is 5.75 Å². The molecular weight excluding hydrogens is 402 g/mol. The number of allylic oxidation sites excluding steroid dienone is 1. The van der Waals surface area contributed by atoms with Gasteiger partial charge in [0.25, 0.3) is 5.69 Å². The molecule has 0 spiro atoms. The van der Waals surface area contributed by atoms with Crippen LogP contribution in [0.2, 0.25) is 0 Å². The van der Waals surface area contributed by atoms with Crippen LogP contribution < -0.4 is 10.5 Å². The smallest absolute Gasteiger partial charge is 0.338 e. The summed E-state index contributed by atoms with van der Waals surface area (Å²) in [5, 5.41) is 20.7. The van der Waals surface area contributed by atoms with Crippen molar-refractivity contribution in [2.75, 3.05) is 13.7 Å². The number of hydrogen-bond donors (Lipinski definition) is 1. The van der Waals surface area contributed by atoms with Crippen LogP contribution in [0, 0.1) is 21.4 Å². The molecule has 2 aromatic rings. The largest absolute Gasteiger partial charge is 0.497 e. The zero-order valence-electron chi connectivity index (χ0n) is 16.8. The van der Waals surface area contributed by atoms with E-state index in [4.69, 9.17) is 19.9 Å². The number of ether oxygens (including phenoxy) is 3. The number of hydrogen-bond acceptors (Lipinski definition) is 8. The fourth-order valence-electron chi connectivity index (χ4n) is 3.26. The van der Waals surface area contributed by atoms with Crippen LogP contribution >= 0.6 is 0 Å². The molecule has 1 atom stereocenters. The lowest BCUT2D eigenvalue weighted by molar-refractivity contribution is -0.384. The third-order valence-electron chi connectivity index (χ3n) is 4.70. The Kier molecular flexibility index (Phi) is 6.21. The van der Waals surface area contributed by atoms with Crippen molar-refractivity contribution in [3.63, 3.8) is 0 Å². The van der Waals surface area contributed by atoms with Gasteiger partial charge < -0.3 is 19.9 Å². The highest BCUT2D eigenvalue weighted by molar-refractivity contribution is 5.99. The highest BCUT2D eigenvalue weighted by Gasteiger charge is 2.38. The Morgan fingerprint density at radius 2 is 1.87 bits per heavy atom. The van der Waals surface area contributed by atoms with Gasteiger partial charge in [0, 0.05) is 17.7 Å². The summed E-state index contributed by atoms with van der Waals surface area (Å²) in [7, 11) is 1.53. The molecule has 0 fully saturated rings. The van der Waals surface area contributed by atoms with E-state index in [9.17, 15) is 20.2 Å². The molecular formula is C22H19N3O6. The maximum Gasteiger partial charge on any atom is 0.338 e. The van der Waals surface area contributed by atoms with Crippen LogP contribution in [-0.2, 0) is 14.3 Å². The highest BCUT2D eigenvalue weighted by atomic mass is 16.6.